The van der Waals surface area contributed by atoms with Gasteiger partial charge < -0.3 is 15.2 Å². The van der Waals surface area contributed by atoms with Gasteiger partial charge in [0.05, 0.1) is 5.69 Å². The smallest absolute Gasteiger partial charge is 0.275 e. The van der Waals surface area contributed by atoms with E-state index in [1.165, 1.54) is 5.56 Å². The van der Waals surface area contributed by atoms with Crippen LogP contribution in [0.4, 0.5) is 0 Å². The summed E-state index contributed by atoms with van der Waals surface area (Å²) in [4.78, 5) is 24.0. The van der Waals surface area contributed by atoms with Crippen LogP contribution in [0.3, 0.4) is 0 Å². The standard InChI is InChI=1S/C29H27N5O/c35-29(33-16-15-30-19-25(33)17-21-7-3-1-4-8-21)27-28(23-9-5-2-6-10-23)34(20-32-27)24-12-11-22-13-14-31-26(22)18-24/h1-14,18,20,25,30-31H,15-17,19H2/t25-/m1/s1. The van der Waals surface area contributed by atoms with E-state index in [1.54, 1.807) is 6.33 Å². The number of nitrogens with zero attached hydrogens (tertiary/aromatic N) is 3. The van der Waals surface area contributed by atoms with Crippen molar-refractivity contribution in [1.29, 1.82) is 0 Å². The highest BCUT2D eigenvalue weighted by molar-refractivity contribution is 5.99. The third-order valence-corrected chi connectivity index (χ3v) is 6.76. The van der Waals surface area contributed by atoms with Gasteiger partial charge in [-0.05, 0) is 35.6 Å². The van der Waals surface area contributed by atoms with Crippen LogP contribution < -0.4 is 5.32 Å². The van der Waals surface area contributed by atoms with Gasteiger partial charge in [-0.15, -0.1) is 0 Å². The maximum absolute atomic E-state index is 14.0. The van der Waals surface area contributed by atoms with Crippen molar-refractivity contribution < 1.29 is 4.79 Å². The van der Waals surface area contributed by atoms with Crippen LogP contribution in [0.1, 0.15) is 16.1 Å². The van der Waals surface area contributed by atoms with E-state index in [4.69, 9.17) is 4.98 Å². The molecule has 0 unspecified atom stereocenters. The molecule has 1 saturated heterocycles. The molecular formula is C29H27N5O. The van der Waals surface area contributed by atoms with E-state index in [2.05, 4.69) is 46.7 Å². The molecule has 0 radical (unpaired) electrons. The van der Waals surface area contributed by atoms with E-state index >= 15 is 0 Å². The highest BCUT2D eigenvalue weighted by atomic mass is 16.2. The van der Waals surface area contributed by atoms with Gasteiger partial charge in [-0.3, -0.25) is 9.36 Å². The number of hydrogen-bond donors (Lipinski definition) is 2. The second kappa shape index (κ2) is 9.24. The largest absolute Gasteiger partial charge is 0.361 e. The molecule has 35 heavy (non-hydrogen) atoms. The van der Waals surface area contributed by atoms with E-state index in [9.17, 15) is 4.79 Å². The highest BCUT2D eigenvalue weighted by Crippen LogP contribution is 2.29. The quantitative estimate of drug-likeness (QED) is 0.400. The molecule has 0 spiro atoms. The van der Waals surface area contributed by atoms with Crippen molar-refractivity contribution in [2.45, 2.75) is 12.5 Å². The minimum absolute atomic E-state index is 0.0222. The SMILES string of the molecule is O=C(c1ncn(-c2ccc3cc[nH]c3c2)c1-c1ccccc1)N1CCNC[C@H]1Cc1ccccc1. The number of amides is 1. The number of imidazole rings is 1. The average molecular weight is 462 g/mol. The molecule has 6 heteroatoms. The monoisotopic (exact) mass is 461 g/mol. The summed E-state index contributed by atoms with van der Waals surface area (Å²) in [5.74, 6) is -0.0222. The summed E-state index contributed by atoms with van der Waals surface area (Å²) in [6.45, 7) is 2.21. The fourth-order valence-corrected chi connectivity index (χ4v) is 4.99. The first-order chi connectivity index (χ1) is 17.3. The Morgan fingerprint density at radius 1 is 0.971 bits per heavy atom. The molecule has 1 fully saturated rings. The van der Waals surface area contributed by atoms with Gasteiger partial charge >= 0.3 is 0 Å². The van der Waals surface area contributed by atoms with Crippen molar-refractivity contribution >= 4 is 16.8 Å². The van der Waals surface area contributed by atoms with Crippen molar-refractivity contribution in [3.05, 3.63) is 109 Å². The van der Waals surface area contributed by atoms with Crippen LogP contribution in [0.25, 0.3) is 27.8 Å². The Morgan fingerprint density at radius 2 is 1.77 bits per heavy atom. The van der Waals surface area contributed by atoms with E-state index in [-0.39, 0.29) is 11.9 Å². The summed E-state index contributed by atoms with van der Waals surface area (Å²) >= 11 is 0. The predicted molar refractivity (Wildman–Crippen MR) is 139 cm³/mol. The Kier molecular flexibility index (Phi) is 5.64. The number of piperazine rings is 1. The molecule has 2 aromatic heterocycles. The average Bonchev–Trinajstić information content (AvgIpc) is 3.57. The Bertz CT molecular complexity index is 1450. The molecule has 0 bridgehead atoms. The lowest BCUT2D eigenvalue weighted by molar-refractivity contribution is 0.0631. The number of hydrogen-bond acceptors (Lipinski definition) is 3. The summed E-state index contributed by atoms with van der Waals surface area (Å²) in [6.07, 6.45) is 4.52. The molecule has 1 aliphatic rings. The Balaban J connectivity index is 1.41. The molecule has 3 aromatic carbocycles. The fourth-order valence-electron chi connectivity index (χ4n) is 4.99. The first kappa shape index (κ1) is 21.4. The Morgan fingerprint density at radius 3 is 2.60 bits per heavy atom. The molecule has 2 N–H and O–H groups in total. The lowest BCUT2D eigenvalue weighted by atomic mass is 10.0. The van der Waals surface area contributed by atoms with Crippen LogP contribution in [0.5, 0.6) is 0 Å². The van der Waals surface area contributed by atoms with Crippen LogP contribution >= 0.6 is 0 Å². The molecular weight excluding hydrogens is 434 g/mol. The number of benzene rings is 3. The second-order valence-corrected chi connectivity index (χ2v) is 8.97. The predicted octanol–water partition coefficient (Wildman–Crippen LogP) is 4.68. The number of carbonyl (C=O) groups excluding carboxylic acids is 1. The maximum Gasteiger partial charge on any atom is 0.275 e. The Labute approximate surface area is 204 Å². The summed E-state index contributed by atoms with van der Waals surface area (Å²) in [5, 5.41) is 4.61. The fraction of sp³-hybridized carbons (Fsp3) is 0.172. The molecule has 1 amide bonds. The van der Waals surface area contributed by atoms with E-state index in [1.807, 2.05) is 64.2 Å². The van der Waals surface area contributed by atoms with E-state index in [0.29, 0.717) is 12.2 Å². The molecule has 0 saturated carbocycles. The topological polar surface area (TPSA) is 66.0 Å². The molecule has 1 aliphatic heterocycles. The molecule has 5 aromatic rings. The minimum atomic E-state index is -0.0222. The van der Waals surface area contributed by atoms with Gasteiger partial charge in [-0.25, -0.2) is 4.98 Å². The molecule has 0 aliphatic carbocycles. The van der Waals surface area contributed by atoms with Crippen LogP contribution in [0.15, 0.2) is 97.5 Å². The normalized spacial score (nSPS) is 16.0. The molecule has 3 heterocycles. The zero-order valence-corrected chi connectivity index (χ0v) is 19.4. The van der Waals surface area contributed by atoms with Gasteiger partial charge in [0.25, 0.3) is 5.91 Å². The second-order valence-electron chi connectivity index (χ2n) is 8.97. The summed E-state index contributed by atoms with van der Waals surface area (Å²) < 4.78 is 2.03. The van der Waals surface area contributed by atoms with Gasteiger partial charge in [0, 0.05) is 48.6 Å². The summed E-state index contributed by atoms with van der Waals surface area (Å²) in [5.41, 5.74) is 5.52. The van der Waals surface area contributed by atoms with E-state index < -0.39 is 0 Å². The van der Waals surface area contributed by atoms with Crippen molar-refractivity contribution in [3.8, 4) is 16.9 Å². The van der Waals surface area contributed by atoms with E-state index in [0.717, 1.165) is 47.4 Å². The van der Waals surface area contributed by atoms with Gasteiger partial charge in [0.1, 0.15) is 6.33 Å². The maximum atomic E-state index is 14.0. The lowest BCUT2D eigenvalue weighted by Gasteiger charge is -2.36. The summed E-state index contributed by atoms with van der Waals surface area (Å²) in [6, 6.07) is 28.8. The third kappa shape index (κ3) is 4.13. The molecule has 1 atom stereocenters. The van der Waals surface area contributed by atoms with Gasteiger partial charge in [0.2, 0.25) is 0 Å². The zero-order valence-electron chi connectivity index (χ0n) is 19.4. The number of H-pyrrole nitrogens is 1. The molecule has 6 rings (SSSR count). The van der Waals surface area contributed by atoms with Crippen molar-refractivity contribution in [1.82, 2.24) is 24.8 Å². The van der Waals surface area contributed by atoms with Gasteiger partial charge in [-0.1, -0.05) is 66.7 Å². The summed E-state index contributed by atoms with van der Waals surface area (Å²) in [7, 11) is 0. The van der Waals surface area contributed by atoms with Gasteiger partial charge in [-0.2, -0.15) is 0 Å². The minimum Gasteiger partial charge on any atom is -0.361 e. The highest BCUT2D eigenvalue weighted by Gasteiger charge is 2.31. The number of aromatic amines is 1. The van der Waals surface area contributed by atoms with Crippen LogP contribution in [-0.4, -0.2) is 51.0 Å². The number of fused-ring (bicyclic) bond motifs is 1. The molecule has 174 valence electrons. The van der Waals surface area contributed by atoms with Crippen LogP contribution in [0, 0.1) is 0 Å². The van der Waals surface area contributed by atoms with Crippen molar-refractivity contribution in [2.24, 2.45) is 0 Å². The van der Waals surface area contributed by atoms with Crippen molar-refractivity contribution in [2.75, 3.05) is 19.6 Å². The number of aromatic nitrogens is 3. The number of carbonyl (C=O) groups is 1. The number of nitrogens with one attached hydrogen (secondary N) is 2. The Hall–Kier alpha value is -4.16. The third-order valence-electron chi connectivity index (χ3n) is 6.76. The lowest BCUT2D eigenvalue weighted by Crippen LogP contribution is -2.54. The van der Waals surface area contributed by atoms with Crippen LogP contribution in [-0.2, 0) is 6.42 Å². The first-order valence-electron chi connectivity index (χ1n) is 12.0. The van der Waals surface area contributed by atoms with Gasteiger partial charge in [0.15, 0.2) is 5.69 Å². The number of rotatable bonds is 5. The van der Waals surface area contributed by atoms with Crippen molar-refractivity contribution in [3.63, 3.8) is 0 Å². The zero-order chi connectivity index (χ0) is 23.6. The first-order valence-corrected chi connectivity index (χ1v) is 12.0. The van der Waals surface area contributed by atoms with Crippen LogP contribution in [0.2, 0.25) is 0 Å². The molecule has 6 nitrogen and oxygen atoms in total.